The second-order valence-corrected chi connectivity index (χ2v) is 9.95. The lowest BCUT2D eigenvalue weighted by molar-refractivity contribution is -0.148. The number of ether oxygens (including phenoxy) is 4. The zero-order valence-corrected chi connectivity index (χ0v) is 22.6. The highest BCUT2D eigenvalue weighted by Crippen LogP contribution is 2.30. The van der Waals surface area contributed by atoms with Gasteiger partial charge in [0.05, 0.1) is 5.56 Å². The predicted octanol–water partition coefficient (Wildman–Crippen LogP) is 4.25. The first kappa shape index (κ1) is 30.5. The molecule has 0 saturated heterocycles. The van der Waals surface area contributed by atoms with E-state index in [1.807, 2.05) is 27.7 Å². The van der Waals surface area contributed by atoms with Crippen LogP contribution in [0.1, 0.15) is 63.4 Å². The van der Waals surface area contributed by atoms with Crippen LogP contribution >= 0.6 is 0 Å². The summed E-state index contributed by atoms with van der Waals surface area (Å²) in [6, 6.07) is 12.1. The Balaban J connectivity index is 2.00. The minimum Gasteiger partial charge on any atom is -0.461 e. The molecule has 38 heavy (non-hydrogen) atoms. The molecule has 0 aliphatic rings. The molecule has 0 bridgehead atoms. The Kier molecular flexibility index (Phi) is 11.9. The number of hydrogen-bond donors (Lipinski definition) is 1. The molecule has 206 valence electrons. The molecule has 0 amide bonds. The van der Waals surface area contributed by atoms with Crippen molar-refractivity contribution in [1.82, 2.24) is 0 Å². The summed E-state index contributed by atoms with van der Waals surface area (Å²) < 4.78 is 21.4. The van der Waals surface area contributed by atoms with E-state index < -0.39 is 36.0 Å². The fourth-order valence-corrected chi connectivity index (χ4v) is 3.34. The number of hydrogen-bond acceptors (Lipinski definition) is 9. The lowest BCUT2D eigenvalue weighted by Gasteiger charge is -2.17. The normalized spacial score (nSPS) is 12.5. The van der Waals surface area contributed by atoms with Gasteiger partial charge in [0.2, 0.25) is 0 Å². The molecule has 0 unspecified atom stereocenters. The molecule has 9 nitrogen and oxygen atoms in total. The average Bonchev–Trinajstić information content (AvgIpc) is 2.83. The van der Waals surface area contributed by atoms with E-state index in [9.17, 15) is 19.2 Å². The zero-order chi connectivity index (χ0) is 28.2. The third-order valence-corrected chi connectivity index (χ3v) is 5.14. The van der Waals surface area contributed by atoms with E-state index in [0.717, 1.165) is 0 Å². The van der Waals surface area contributed by atoms with Gasteiger partial charge in [-0.25, -0.2) is 4.79 Å². The van der Waals surface area contributed by atoms with Gasteiger partial charge in [-0.2, -0.15) is 0 Å². The highest BCUT2D eigenvalue weighted by Gasteiger charge is 2.21. The summed E-state index contributed by atoms with van der Waals surface area (Å²) in [5, 5.41) is 0. The molecule has 0 aromatic heterocycles. The second-order valence-electron chi connectivity index (χ2n) is 9.95. The smallest absolute Gasteiger partial charge is 0.338 e. The number of carbonyl (C=O) groups excluding carboxylic acids is 4. The molecule has 0 aliphatic heterocycles. The van der Waals surface area contributed by atoms with Gasteiger partial charge in [0.15, 0.2) is 11.5 Å². The fourth-order valence-electron chi connectivity index (χ4n) is 3.34. The van der Waals surface area contributed by atoms with E-state index in [4.69, 9.17) is 24.7 Å². The first-order valence-corrected chi connectivity index (χ1v) is 12.7. The number of rotatable bonds is 13. The maximum atomic E-state index is 12.5. The molecule has 0 spiro atoms. The Bertz CT molecular complexity index is 1100. The molecule has 2 rings (SSSR count). The number of carbonyl (C=O) groups is 4. The second kappa shape index (κ2) is 14.9. The quantitative estimate of drug-likeness (QED) is 0.300. The average molecular weight is 528 g/mol. The molecule has 0 aliphatic carbocycles. The van der Waals surface area contributed by atoms with Gasteiger partial charge >= 0.3 is 23.9 Å². The van der Waals surface area contributed by atoms with E-state index in [-0.39, 0.29) is 49.2 Å². The molecule has 0 fully saturated rings. The minimum atomic E-state index is -1.03. The third kappa shape index (κ3) is 10.7. The molecular formula is C29H37NO8. The summed E-state index contributed by atoms with van der Waals surface area (Å²) in [5.41, 5.74) is 7.02. The number of nitrogens with two attached hydrogens (primary N) is 1. The number of esters is 4. The van der Waals surface area contributed by atoms with Gasteiger partial charge in [0.25, 0.3) is 0 Å². The Morgan fingerprint density at radius 2 is 1.37 bits per heavy atom. The molecule has 0 radical (unpaired) electrons. The monoisotopic (exact) mass is 527 g/mol. The van der Waals surface area contributed by atoms with Crippen molar-refractivity contribution in [2.24, 2.45) is 17.6 Å². The van der Waals surface area contributed by atoms with Crippen LogP contribution in [0.2, 0.25) is 0 Å². The maximum Gasteiger partial charge on any atom is 0.338 e. The predicted molar refractivity (Wildman–Crippen MR) is 141 cm³/mol. The van der Waals surface area contributed by atoms with Gasteiger partial charge in [-0.3, -0.25) is 14.4 Å². The van der Waals surface area contributed by atoms with Crippen molar-refractivity contribution >= 4 is 23.9 Å². The SMILES string of the molecule is CC(C)CC(=O)Oc1ccc(C[C@H](N)C(=O)OC[C@H](C)OC(=O)c2ccccc2)cc1OC(=O)CC(C)C. The lowest BCUT2D eigenvalue weighted by Crippen LogP contribution is -2.36. The van der Waals surface area contributed by atoms with Crippen molar-refractivity contribution in [3.63, 3.8) is 0 Å². The van der Waals surface area contributed by atoms with Crippen LogP contribution in [-0.4, -0.2) is 42.6 Å². The molecule has 9 heteroatoms. The van der Waals surface area contributed by atoms with Crippen molar-refractivity contribution in [1.29, 1.82) is 0 Å². The molecule has 2 aromatic rings. The Hall–Kier alpha value is -3.72. The Labute approximate surface area is 223 Å². The van der Waals surface area contributed by atoms with Gasteiger partial charge in [0.1, 0.15) is 18.8 Å². The summed E-state index contributed by atoms with van der Waals surface area (Å²) in [7, 11) is 0. The van der Waals surface area contributed by atoms with Gasteiger partial charge < -0.3 is 24.7 Å². The molecular weight excluding hydrogens is 490 g/mol. The minimum absolute atomic E-state index is 0.0754. The first-order chi connectivity index (χ1) is 17.9. The summed E-state index contributed by atoms with van der Waals surface area (Å²) in [4.78, 5) is 49.1. The van der Waals surface area contributed by atoms with Crippen molar-refractivity contribution in [3.05, 3.63) is 59.7 Å². The van der Waals surface area contributed by atoms with E-state index in [1.165, 1.54) is 12.1 Å². The maximum absolute atomic E-state index is 12.5. The van der Waals surface area contributed by atoms with Gasteiger partial charge in [-0.05, 0) is 55.0 Å². The van der Waals surface area contributed by atoms with Gasteiger partial charge in [0, 0.05) is 12.8 Å². The third-order valence-electron chi connectivity index (χ3n) is 5.14. The topological polar surface area (TPSA) is 131 Å². The van der Waals surface area contributed by atoms with E-state index in [2.05, 4.69) is 0 Å². The molecule has 0 heterocycles. The van der Waals surface area contributed by atoms with E-state index in [0.29, 0.717) is 11.1 Å². The first-order valence-electron chi connectivity index (χ1n) is 12.7. The van der Waals surface area contributed by atoms with Crippen LogP contribution in [0.25, 0.3) is 0 Å². The van der Waals surface area contributed by atoms with E-state index in [1.54, 1.807) is 43.3 Å². The van der Waals surface area contributed by atoms with Crippen LogP contribution in [0.15, 0.2) is 48.5 Å². The van der Waals surface area contributed by atoms with Gasteiger partial charge in [-0.15, -0.1) is 0 Å². The largest absolute Gasteiger partial charge is 0.461 e. The summed E-state index contributed by atoms with van der Waals surface area (Å²) in [5.74, 6) is -1.76. The van der Waals surface area contributed by atoms with Gasteiger partial charge in [-0.1, -0.05) is 52.0 Å². The highest BCUT2D eigenvalue weighted by molar-refractivity contribution is 5.89. The van der Waals surface area contributed by atoms with Crippen LogP contribution in [0.5, 0.6) is 11.5 Å². The van der Waals surface area contributed by atoms with Crippen LogP contribution in [0.3, 0.4) is 0 Å². The van der Waals surface area contributed by atoms with Crippen LogP contribution in [0, 0.1) is 11.8 Å². The molecule has 0 saturated carbocycles. The van der Waals surface area contributed by atoms with E-state index >= 15 is 0 Å². The standard InChI is InChI=1S/C29H37NO8/c1-18(2)13-26(31)37-24-12-11-21(16-25(24)38-27(32)14-19(3)4)15-23(30)29(34)35-17-20(5)36-28(33)22-9-7-6-8-10-22/h6-12,16,18-20,23H,13-15,17,30H2,1-5H3/t20-,23-/m0/s1. The molecule has 2 atom stereocenters. The van der Waals surface area contributed by atoms with Crippen LogP contribution in [-0.2, 0) is 30.3 Å². The van der Waals surface area contributed by atoms with Crippen molar-refractivity contribution in [2.75, 3.05) is 6.61 Å². The van der Waals surface area contributed by atoms with Crippen molar-refractivity contribution < 1.29 is 38.1 Å². The fraction of sp³-hybridized carbons (Fsp3) is 0.448. The summed E-state index contributed by atoms with van der Waals surface area (Å²) in [6.07, 6.45) is -0.212. The van der Waals surface area contributed by atoms with Crippen molar-refractivity contribution in [3.8, 4) is 11.5 Å². The summed E-state index contributed by atoms with van der Waals surface area (Å²) in [6.45, 7) is 9.00. The Morgan fingerprint density at radius 1 is 0.789 bits per heavy atom. The molecule has 2 N–H and O–H groups in total. The Morgan fingerprint density at radius 3 is 1.95 bits per heavy atom. The molecule has 2 aromatic carbocycles. The highest BCUT2D eigenvalue weighted by atomic mass is 16.6. The lowest BCUT2D eigenvalue weighted by atomic mass is 10.1. The van der Waals surface area contributed by atoms with Crippen LogP contribution < -0.4 is 15.2 Å². The zero-order valence-electron chi connectivity index (χ0n) is 22.6. The number of benzene rings is 2. The van der Waals surface area contributed by atoms with Crippen LogP contribution in [0.4, 0.5) is 0 Å². The summed E-state index contributed by atoms with van der Waals surface area (Å²) >= 11 is 0. The van der Waals surface area contributed by atoms with Crippen molar-refractivity contribution in [2.45, 2.75) is 66.0 Å².